The summed E-state index contributed by atoms with van der Waals surface area (Å²) in [5.74, 6) is -0.218. The number of benzene rings is 1. The molecule has 25 heavy (non-hydrogen) atoms. The summed E-state index contributed by atoms with van der Waals surface area (Å²) >= 11 is 0. The molecule has 1 aliphatic carbocycles. The molecule has 1 amide bonds. The van der Waals surface area contributed by atoms with E-state index < -0.39 is 11.0 Å². The first-order valence-corrected chi connectivity index (χ1v) is 8.91. The molecule has 2 atom stereocenters. The van der Waals surface area contributed by atoms with Crippen molar-refractivity contribution in [1.82, 2.24) is 9.80 Å². The minimum absolute atomic E-state index is 0.0384. The highest BCUT2D eigenvalue weighted by molar-refractivity contribution is 5.94. The molecule has 2 aliphatic rings. The maximum Gasteiger partial charge on any atom is 0.269 e. The summed E-state index contributed by atoms with van der Waals surface area (Å²) in [6, 6.07) is 5.87. The van der Waals surface area contributed by atoms with Gasteiger partial charge in [0.25, 0.3) is 11.6 Å². The van der Waals surface area contributed by atoms with E-state index in [1.54, 1.807) is 11.9 Å². The minimum atomic E-state index is -0.561. The van der Waals surface area contributed by atoms with Crippen LogP contribution in [0.4, 0.5) is 5.69 Å². The number of aliphatic hydroxyl groups excluding tert-OH is 1. The van der Waals surface area contributed by atoms with Crippen LogP contribution in [-0.2, 0) is 0 Å². The minimum Gasteiger partial charge on any atom is -0.390 e. The van der Waals surface area contributed by atoms with Gasteiger partial charge in [0.15, 0.2) is 0 Å². The Morgan fingerprint density at radius 2 is 1.84 bits per heavy atom. The molecule has 1 N–H and O–H groups in total. The van der Waals surface area contributed by atoms with Crippen LogP contribution in [0.2, 0.25) is 0 Å². The Balaban J connectivity index is 1.66. The van der Waals surface area contributed by atoms with Gasteiger partial charge in [0.2, 0.25) is 0 Å². The van der Waals surface area contributed by atoms with Crippen LogP contribution in [0.5, 0.6) is 0 Å². The number of aliphatic hydroxyl groups is 1. The van der Waals surface area contributed by atoms with E-state index in [1.807, 2.05) is 0 Å². The van der Waals surface area contributed by atoms with E-state index in [0.717, 1.165) is 0 Å². The van der Waals surface area contributed by atoms with E-state index in [9.17, 15) is 20.0 Å². The number of non-ortho nitro benzene ring substituents is 1. The predicted molar refractivity (Wildman–Crippen MR) is 93.4 cm³/mol. The fraction of sp³-hybridized carbons (Fsp3) is 0.611. The first-order chi connectivity index (χ1) is 12.0. The van der Waals surface area contributed by atoms with Gasteiger partial charge in [-0.15, -0.1) is 0 Å². The third-order valence-electron chi connectivity index (χ3n) is 5.52. The zero-order valence-electron chi connectivity index (χ0n) is 14.5. The number of nitro benzene ring substituents is 1. The lowest BCUT2D eigenvalue weighted by Gasteiger charge is -2.31. The highest BCUT2D eigenvalue weighted by atomic mass is 16.6. The number of β-amino-alcohol motifs (C(OH)–C–C–N with tert-alkyl or cyclic N) is 1. The Bertz CT molecular complexity index is 628. The summed E-state index contributed by atoms with van der Waals surface area (Å²) in [7, 11) is 1.70. The van der Waals surface area contributed by atoms with Gasteiger partial charge in [-0.05, 0) is 25.0 Å². The van der Waals surface area contributed by atoms with Crippen molar-refractivity contribution >= 4 is 11.6 Å². The van der Waals surface area contributed by atoms with E-state index >= 15 is 0 Å². The summed E-state index contributed by atoms with van der Waals surface area (Å²) in [6.07, 6.45) is 5.53. The summed E-state index contributed by atoms with van der Waals surface area (Å²) in [5, 5.41) is 21.2. The standard InChI is InChI=1S/C18H25N3O4/c1-19(18(23)13-7-9-15(10-8-13)21(24)25)16-11-20(12-17(16)22)14-5-3-2-4-6-14/h7-10,14,16-17,22H,2-6,11-12H2,1H3. The lowest BCUT2D eigenvalue weighted by molar-refractivity contribution is -0.384. The Labute approximate surface area is 147 Å². The van der Waals surface area contributed by atoms with Crippen LogP contribution in [0.25, 0.3) is 0 Å². The average molecular weight is 347 g/mol. The number of hydrogen-bond acceptors (Lipinski definition) is 5. The molecule has 0 bridgehead atoms. The van der Waals surface area contributed by atoms with Gasteiger partial charge in [0.1, 0.15) is 0 Å². The Kier molecular flexibility index (Phi) is 5.34. The average Bonchev–Trinajstić information content (AvgIpc) is 3.03. The molecule has 0 spiro atoms. The fourth-order valence-corrected chi connectivity index (χ4v) is 4.00. The normalized spacial score (nSPS) is 25.0. The number of carbonyl (C=O) groups is 1. The highest BCUT2D eigenvalue weighted by Crippen LogP contribution is 2.27. The van der Waals surface area contributed by atoms with Crippen molar-refractivity contribution in [2.24, 2.45) is 0 Å². The van der Waals surface area contributed by atoms with E-state index in [0.29, 0.717) is 24.7 Å². The van der Waals surface area contributed by atoms with Crippen LogP contribution in [0.1, 0.15) is 42.5 Å². The predicted octanol–water partition coefficient (Wildman–Crippen LogP) is 2.04. The lowest BCUT2D eigenvalue weighted by atomic mass is 9.94. The summed E-state index contributed by atoms with van der Waals surface area (Å²) < 4.78 is 0. The molecule has 1 saturated carbocycles. The zero-order chi connectivity index (χ0) is 18.0. The SMILES string of the molecule is CN(C(=O)c1ccc([N+](=O)[O-])cc1)C1CN(C2CCCCC2)CC1O. The quantitative estimate of drug-likeness (QED) is 0.665. The number of carbonyl (C=O) groups excluding carboxylic acids is 1. The number of nitro groups is 1. The number of hydrogen-bond donors (Lipinski definition) is 1. The van der Waals surface area contributed by atoms with E-state index in [2.05, 4.69) is 4.90 Å². The second-order valence-corrected chi connectivity index (χ2v) is 7.10. The van der Waals surface area contributed by atoms with Crippen molar-refractivity contribution in [3.63, 3.8) is 0 Å². The van der Waals surface area contributed by atoms with Gasteiger partial charge < -0.3 is 10.0 Å². The zero-order valence-corrected chi connectivity index (χ0v) is 14.5. The number of likely N-dealkylation sites (tertiary alicyclic amines) is 1. The first kappa shape index (κ1) is 17.8. The molecule has 0 aromatic heterocycles. The molecule has 2 fully saturated rings. The van der Waals surface area contributed by atoms with Crippen molar-refractivity contribution in [1.29, 1.82) is 0 Å². The van der Waals surface area contributed by atoms with Crippen LogP contribution in [0, 0.1) is 10.1 Å². The van der Waals surface area contributed by atoms with Gasteiger partial charge in [-0.1, -0.05) is 19.3 Å². The number of rotatable bonds is 4. The monoisotopic (exact) mass is 347 g/mol. The lowest BCUT2D eigenvalue weighted by Crippen LogP contribution is -2.44. The molecule has 1 aromatic carbocycles. The summed E-state index contributed by atoms with van der Waals surface area (Å²) in [5.41, 5.74) is 0.361. The van der Waals surface area contributed by atoms with Gasteiger partial charge in [-0.3, -0.25) is 19.8 Å². The van der Waals surface area contributed by atoms with Crippen LogP contribution in [0.15, 0.2) is 24.3 Å². The van der Waals surface area contributed by atoms with Gasteiger partial charge in [-0.2, -0.15) is 0 Å². The summed E-state index contributed by atoms with van der Waals surface area (Å²) in [6.45, 7) is 1.29. The Morgan fingerprint density at radius 1 is 1.20 bits per heavy atom. The summed E-state index contributed by atoms with van der Waals surface area (Å²) in [4.78, 5) is 26.8. The number of nitrogens with zero attached hydrogens (tertiary/aromatic N) is 3. The third kappa shape index (κ3) is 3.82. The molecule has 1 heterocycles. The van der Waals surface area contributed by atoms with Crippen LogP contribution < -0.4 is 0 Å². The molecular formula is C18H25N3O4. The fourth-order valence-electron chi connectivity index (χ4n) is 4.00. The second-order valence-electron chi connectivity index (χ2n) is 7.10. The van der Waals surface area contributed by atoms with Crippen molar-refractivity contribution in [3.8, 4) is 0 Å². The van der Waals surface area contributed by atoms with Gasteiger partial charge >= 0.3 is 0 Å². The molecule has 0 radical (unpaired) electrons. The van der Waals surface area contributed by atoms with E-state index in [4.69, 9.17) is 0 Å². The second kappa shape index (κ2) is 7.49. The molecule has 7 nitrogen and oxygen atoms in total. The van der Waals surface area contributed by atoms with Gasteiger partial charge in [-0.25, -0.2) is 0 Å². The van der Waals surface area contributed by atoms with Gasteiger partial charge in [0.05, 0.1) is 17.1 Å². The van der Waals surface area contributed by atoms with Crippen LogP contribution >= 0.6 is 0 Å². The molecule has 136 valence electrons. The number of amides is 1. The van der Waals surface area contributed by atoms with Gasteiger partial charge in [0, 0.05) is 43.9 Å². The molecular weight excluding hydrogens is 322 g/mol. The third-order valence-corrected chi connectivity index (χ3v) is 5.52. The molecule has 2 unspecified atom stereocenters. The van der Waals surface area contributed by atoms with Crippen molar-refractivity contribution in [2.75, 3.05) is 20.1 Å². The van der Waals surface area contributed by atoms with Crippen LogP contribution in [-0.4, -0.2) is 64.1 Å². The maximum absolute atomic E-state index is 12.7. The largest absolute Gasteiger partial charge is 0.390 e. The Hall–Kier alpha value is -1.99. The molecule has 7 heteroatoms. The molecule has 1 aromatic rings. The van der Waals surface area contributed by atoms with Crippen molar-refractivity contribution in [2.45, 2.75) is 50.3 Å². The maximum atomic E-state index is 12.7. The van der Waals surface area contributed by atoms with E-state index in [1.165, 1.54) is 56.4 Å². The highest BCUT2D eigenvalue weighted by Gasteiger charge is 2.39. The molecule has 1 saturated heterocycles. The van der Waals surface area contributed by atoms with E-state index in [-0.39, 0.29) is 17.6 Å². The topological polar surface area (TPSA) is 86.9 Å². The first-order valence-electron chi connectivity index (χ1n) is 8.91. The smallest absolute Gasteiger partial charge is 0.269 e. The van der Waals surface area contributed by atoms with Crippen LogP contribution in [0.3, 0.4) is 0 Å². The molecule has 3 rings (SSSR count). The van der Waals surface area contributed by atoms with Crippen molar-refractivity contribution < 1.29 is 14.8 Å². The molecule has 1 aliphatic heterocycles. The van der Waals surface area contributed by atoms with Crippen molar-refractivity contribution in [3.05, 3.63) is 39.9 Å². The number of likely N-dealkylation sites (N-methyl/N-ethyl adjacent to an activating group) is 1. The Morgan fingerprint density at radius 3 is 2.44 bits per heavy atom.